The lowest BCUT2D eigenvalue weighted by atomic mass is 9.78. The van der Waals surface area contributed by atoms with Gasteiger partial charge in [-0.3, -0.25) is 9.69 Å². The Morgan fingerprint density at radius 2 is 1.85 bits per heavy atom. The lowest BCUT2D eigenvalue weighted by Gasteiger charge is -2.53. The van der Waals surface area contributed by atoms with E-state index in [1.165, 1.54) is 37.7 Å². The molecule has 2 N–H and O–H groups in total. The zero-order valence-corrected chi connectivity index (χ0v) is 15.9. The lowest BCUT2D eigenvalue weighted by Crippen LogP contribution is -2.64. The number of hydrogen-bond acceptors (Lipinski definition) is 3. The third-order valence-corrected chi connectivity index (χ3v) is 6.93. The number of rotatable bonds is 3. The standard InChI is InChI=1S/C22H33N3O/c23-20-10-9-19(15-20)21(26)24-13-14-25(16-18-7-3-1-4-8-18)22(17-24)11-5-2-6-12-22/h1,3-4,7-8,19-20H,2,5-6,9-17,23H2. The van der Waals surface area contributed by atoms with Gasteiger partial charge < -0.3 is 10.6 Å². The molecule has 2 unspecified atom stereocenters. The average Bonchev–Trinajstić information content (AvgIpc) is 3.11. The van der Waals surface area contributed by atoms with Gasteiger partial charge in [-0.15, -0.1) is 0 Å². The van der Waals surface area contributed by atoms with E-state index in [1.54, 1.807) is 0 Å². The number of amides is 1. The Balaban J connectivity index is 1.49. The van der Waals surface area contributed by atoms with Crippen molar-refractivity contribution in [1.29, 1.82) is 0 Å². The molecular weight excluding hydrogens is 322 g/mol. The molecule has 2 saturated carbocycles. The van der Waals surface area contributed by atoms with Crippen molar-refractivity contribution in [2.45, 2.75) is 69.5 Å². The van der Waals surface area contributed by atoms with Gasteiger partial charge in [0.05, 0.1) is 0 Å². The van der Waals surface area contributed by atoms with Crippen molar-refractivity contribution in [2.24, 2.45) is 11.7 Å². The topological polar surface area (TPSA) is 49.6 Å². The summed E-state index contributed by atoms with van der Waals surface area (Å²) < 4.78 is 0. The molecule has 1 saturated heterocycles. The van der Waals surface area contributed by atoms with Gasteiger partial charge >= 0.3 is 0 Å². The highest BCUT2D eigenvalue weighted by Gasteiger charge is 2.44. The Morgan fingerprint density at radius 3 is 2.54 bits per heavy atom. The van der Waals surface area contributed by atoms with Crippen molar-refractivity contribution in [3.8, 4) is 0 Å². The predicted octanol–water partition coefficient (Wildman–Crippen LogP) is 3.16. The number of nitrogens with zero attached hydrogens (tertiary/aromatic N) is 2. The number of carbonyl (C=O) groups is 1. The summed E-state index contributed by atoms with van der Waals surface area (Å²) in [4.78, 5) is 18.0. The summed E-state index contributed by atoms with van der Waals surface area (Å²) in [7, 11) is 0. The lowest BCUT2D eigenvalue weighted by molar-refractivity contribution is -0.143. The van der Waals surface area contributed by atoms with Crippen LogP contribution in [0, 0.1) is 5.92 Å². The van der Waals surface area contributed by atoms with E-state index in [-0.39, 0.29) is 17.5 Å². The van der Waals surface area contributed by atoms with Crippen molar-refractivity contribution >= 4 is 5.91 Å². The van der Waals surface area contributed by atoms with Crippen molar-refractivity contribution in [2.75, 3.05) is 19.6 Å². The number of piperazine rings is 1. The molecule has 3 aliphatic rings. The Morgan fingerprint density at radius 1 is 1.08 bits per heavy atom. The van der Waals surface area contributed by atoms with Crippen molar-refractivity contribution in [3.63, 3.8) is 0 Å². The van der Waals surface area contributed by atoms with Crippen molar-refractivity contribution < 1.29 is 4.79 Å². The summed E-state index contributed by atoms with van der Waals surface area (Å²) in [6.07, 6.45) is 9.26. The van der Waals surface area contributed by atoms with Gasteiger partial charge in [0.2, 0.25) is 5.91 Å². The Kier molecular flexibility index (Phi) is 5.32. The van der Waals surface area contributed by atoms with E-state index in [2.05, 4.69) is 40.1 Å². The maximum Gasteiger partial charge on any atom is 0.225 e. The van der Waals surface area contributed by atoms with E-state index in [4.69, 9.17) is 5.73 Å². The van der Waals surface area contributed by atoms with Crippen LogP contribution in [0.1, 0.15) is 56.9 Å². The molecule has 4 heteroatoms. The van der Waals surface area contributed by atoms with Gasteiger partial charge in [0.15, 0.2) is 0 Å². The molecule has 26 heavy (non-hydrogen) atoms. The van der Waals surface area contributed by atoms with Crippen molar-refractivity contribution in [3.05, 3.63) is 35.9 Å². The fourth-order valence-corrected chi connectivity index (χ4v) is 5.43. The fraction of sp³-hybridized carbons (Fsp3) is 0.682. The van der Waals surface area contributed by atoms with E-state index >= 15 is 0 Å². The van der Waals surface area contributed by atoms with Crippen LogP contribution in [-0.4, -0.2) is 46.9 Å². The summed E-state index contributed by atoms with van der Waals surface area (Å²) >= 11 is 0. The molecule has 1 aliphatic heterocycles. The van der Waals surface area contributed by atoms with Gasteiger partial charge in [-0.1, -0.05) is 49.6 Å². The Hall–Kier alpha value is -1.39. The van der Waals surface area contributed by atoms with Crippen molar-refractivity contribution in [1.82, 2.24) is 9.80 Å². The zero-order valence-electron chi connectivity index (χ0n) is 15.9. The molecule has 3 fully saturated rings. The normalized spacial score (nSPS) is 29.2. The van der Waals surface area contributed by atoms with Crippen LogP contribution < -0.4 is 5.73 Å². The third-order valence-electron chi connectivity index (χ3n) is 6.93. The average molecular weight is 356 g/mol. The van der Waals surface area contributed by atoms with E-state index < -0.39 is 0 Å². The second-order valence-electron chi connectivity index (χ2n) is 8.72. The first-order chi connectivity index (χ1) is 12.7. The largest absolute Gasteiger partial charge is 0.339 e. The second kappa shape index (κ2) is 7.69. The summed E-state index contributed by atoms with van der Waals surface area (Å²) in [5, 5.41) is 0. The highest BCUT2D eigenvalue weighted by atomic mass is 16.2. The molecule has 1 aromatic carbocycles. The van der Waals surface area contributed by atoms with E-state index in [9.17, 15) is 4.79 Å². The molecule has 2 atom stereocenters. The minimum absolute atomic E-state index is 0.173. The van der Waals surface area contributed by atoms with E-state index in [1.807, 2.05) is 0 Å². The quantitative estimate of drug-likeness (QED) is 0.906. The van der Waals surface area contributed by atoms with Gasteiger partial charge in [-0.2, -0.15) is 0 Å². The predicted molar refractivity (Wildman–Crippen MR) is 105 cm³/mol. The molecule has 4 nitrogen and oxygen atoms in total. The highest BCUT2D eigenvalue weighted by molar-refractivity contribution is 5.79. The van der Waals surface area contributed by atoms with E-state index in [0.717, 1.165) is 45.4 Å². The van der Waals surface area contributed by atoms with E-state index in [0.29, 0.717) is 5.91 Å². The maximum atomic E-state index is 13.1. The van der Waals surface area contributed by atoms with Gasteiger partial charge in [-0.25, -0.2) is 0 Å². The van der Waals surface area contributed by atoms with Crippen LogP contribution in [0.15, 0.2) is 30.3 Å². The molecule has 1 aromatic rings. The van der Waals surface area contributed by atoms with Crippen LogP contribution in [0.3, 0.4) is 0 Å². The second-order valence-corrected chi connectivity index (χ2v) is 8.72. The van der Waals surface area contributed by atoms with Gasteiger partial charge in [0.1, 0.15) is 0 Å². The number of nitrogens with two attached hydrogens (primary N) is 1. The molecule has 0 bridgehead atoms. The monoisotopic (exact) mass is 355 g/mol. The summed E-state index contributed by atoms with van der Waals surface area (Å²) in [5.41, 5.74) is 7.63. The van der Waals surface area contributed by atoms with Crippen LogP contribution in [0.25, 0.3) is 0 Å². The summed E-state index contributed by atoms with van der Waals surface area (Å²) in [5.74, 6) is 0.550. The Bertz CT molecular complexity index is 611. The number of benzene rings is 1. The minimum Gasteiger partial charge on any atom is -0.339 e. The number of carbonyl (C=O) groups excluding carboxylic acids is 1. The van der Waals surface area contributed by atoms with Gasteiger partial charge in [0.25, 0.3) is 0 Å². The maximum absolute atomic E-state index is 13.1. The number of hydrogen-bond donors (Lipinski definition) is 1. The minimum atomic E-state index is 0.173. The fourth-order valence-electron chi connectivity index (χ4n) is 5.43. The van der Waals surface area contributed by atoms with Gasteiger partial charge in [-0.05, 0) is 37.7 Å². The first kappa shape index (κ1) is 18.0. The van der Waals surface area contributed by atoms with Crippen LogP contribution in [-0.2, 0) is 11.3 Å². The summed E-state index contributed by atoms with van der Waals surface area (Å²) in [6, 6.07) is 11.0. The molecule has 142 valence electrons. The van der Waals surface area contributed by atoms with Crippen LogP contribution in [0.2, 0.25) is 0 Å². The smallest absolute Gasteiger partial charge is 0.225 e. The molecule has 2 aliphatic carbocycles. The molecule has 1 spiro atoms. The molecule has 0 radical (unpaired) electrons. The van der Waals surface area contributed by atoms with Crippen LogP contribution in [0.4, 0.5) is 0 Å². The molecule has 4 rings (SSSR count). The molecule has 1 amide bonds. The molecular formula is C22H33N3O. The summed E-state index contributed by atoms with van der Waals surface area (Å²) in [6.45, 7) is 3.81. The molecule has 0 aromatic heterocycles. The molecule has 1 heterocycles. The van der Waals surface area contributed by atoms with Crippen LogP contribution >= 0.6 is 0 Å². The van der Waals surface area contributed by atoms with Gasteiger partial charge in [0, 0.05) is 43.7 Å². The first-order valence-corrected chi connectivity index (χ1v) is 10.5. The first-order valence-electron chi connectivity index (χ1n) is 10.5. The third kappa shape index (κ3) is 3.67. The Labute approximate surface area is 157 Å². The zero-order chi connectivity index (χ0) is 18.0. The highest BCUT2D eigenvalue weighted by Crippen LogP contribution is 2.38. The van der Waals surface area contributed by atoms with Crippen LogP contribution in [0.5, 0.6) is 0 Å². The SMILES string of the molecule is NC1CCC(C(=O)N2CCN(Cc3ccccc3)C3(CCCCC3)C2)C1.